The van der Waals surface area contributed by atoms with Crippen molar-refractivity contribution in [3.63, 3.8) is 0 Å². The van der Waals surface area contributed by atoms with E-state index in [-0.39, 0.29) is 24.8 Å². The van der Waals surface area contributed by atoms with E-state index in [0.717, 1.165) is 0 Å². The van der Waals surface area contributed by atoms with Gasteiger partial charge in [0.1, 0.15) is 0 Å². The summed E-state index contributed by atoms with van der Waals surface area (Å²) in [6, 6.07) is 21.4. The summed E-state index contributed by atoms with van der Waals surface area (Å²) in [5, 5.41) is 0. The molecule has 0 radical (unpaired) electrons. The van der Waals surface area contributed by atoms with E-state index >= 15 is 0 Å². The maximum atomic E-state index is 2.20. The normalized spacial score (nSPS) is 9.19. The SMILES string of the molecule is [Cl-].[Cl-].[Zr+2][CH](c1ccccc1)c1ccccc1. The molecule has 0 atom stereocenters. The molecule has 0 heterocycles. The van der Waals surface area contributed by atoms with Crippen molar-refractivity contribution in [2.24, 2.45) is 0 Å². The second-order valence-corrected chi connectivity index (χ2v) is 4.67. The van der Waals surface area contributed by atoms with Gasteiger partial charge in [0.2, 0.25) is 0 Å². The Kier molecular flexibility index (Phi) is 8.01. The van der Waals surface area contributed by atoms with Gasteiger partial charge in [0, 0.05) is 0 Å². The molecule has 0 aliphatic carbocycles. The molecule has 2 aromatic rings. The van der Waals surface area contributed by atoms with Crippen LogP contribution in [0.2, 0.25) is 0 Å². The summed E-state index contributed by atoms with van der Waals surface area (Å²) >= 11 is 1.54. The summed E-state index contributed by atoms with van der Waals surface area (Å²) in [6.45, 7) is 0. The van der Waals surface area contributed by atoms with Crippen molar-refractivity contribution < 1.29 is 49.5 Å². The van der Waals surface area contributed by atoms with E-state index in [1.165, 1.54) is 11.1 Å². The summed E-state index contributed by atoms with van der Waals surface area (Å²) < 4.78 is 0.574. The summed E-state index contributed by atoms with van der Waals surface area (Å²) in [7, 11) is 0. The molecule has 2 rings (SSSR count). The molecule has 0 N–H and O–H groups in total. The van der Waals surface area contributed by atoms with Gasteiger partial charge < -0.3 is 24.8 Å². The van der Waals surface area contributed by atoms with Crippen LogP contribution in [-0.4, -0.2) is 0 Å². The van der Waals surface area contributed by atoms with Crippen LogP contribution in [-0.2, 0) is 24.7 Å². The molecule has 0 saturated carbocycles. The molecule has 0 saturated heterocycles. The fourth-order valence-corrected chi connectivity index (χ4v) is 2.43. The zero-order valence-corrected chi connectivity index (χ0v) is 12.6. The van der Waals surface area contributed by atoms with E-state index in [1.807, 2.05) is 0 Å². The molecule has 0 amide bonds. The molecule has 0 aliphatic rings. The second-order valence-electron chi connectivity index (χ2n) is 3.25. The Balaban J connectivity index is 0.00000112. The second kappa shape index (κ2) is 8.06. The molecule has 0 fully saturated rings. The number of hydrogen-bond donors (Lipinski definition) is 0. The number of rotatable bonds is 2. The quantitative estimate of drug-likeness (QED) is 0.564. The molecule has 0 bridgehead atoms. The summed E-state index contributed by atoms with van der Waals surface area (Å²) in [5.74, 6) is 0. The maximum absolute atomic E-state index is 2.20. The molecule has 81 valence electrons. The topological polar surface area (TPSA) is 0 Å². The predicted molar refractivity (Wildman–Crippen MR) is 54.7 cm³/mol. The van der Waals surface area contributed by atoms with Gasteiger partial charge in [-0.1, -0.05) is 0 Å². The molecular weight excluding hydrogens is 318 g/mol. The van der Waals surface area contributed by atoms with Gasteiger partial charge in [-0.25, -0.2) is 0 Å². The van der Waals surface area contributed by atoms with Crippen molar-refractivity contribution in [3.05, 3.63) is 71.8 Å². The van der Waals surface area contributed by atoms with Gasteiger partial charge >= 0.3 is 100 Å². The molecule has 0 spiro atoms. The molecule has 0 unspecified atom stereocenters. The van der Waals surface area contributed by atoms with E-state index in [2.05, 4.69) is 60.7 Å². The third-order valence-electron chi connectivity index (χ3n) is 2.27. The number of halogens is 2. The van der Waals surface area contributed by atoms with Crippen LogP contribution < -0.4 is 24.8 Å². The van der Waals surface area contributed by atoms with Gasteiger partial charge in [-0.3, -0.25) is 0 Å². The summed E-state index contributed by atoms with van der Waals surface area (Å²) in [5.41, 5.74) is 2.83. The van der Waals surface area contributed by atoms with Crippen LogP contribution in [0.5, 0.6) is 0 Å². The molecule has 0 aromatic heterocycles. The van der Waals surface area contributed by atoms with Crippen LogP contribution in [0, 0.1) is 0 Å². The molecule has 3 heteroatoms. The third-order valence-corrected chi connectivity index (χ3v) is 3.90. The fourth-order valence-electron chi connectivity index (χ4n) is 1.48. The fraction of sp³-hybridized carbons (Fsp3) is 0.0769. The minimum absolute atomic E-state index is 0. The summed E-state index contributed by atoms with van der Waals surface area (Å²) in [4.78, 5) is 0. The van der Waals surface area contributed by atoms with Crippen LogP contribution in [0.4, 0.5) is 0 Å². The van der Waals surface area contributed by atoms with E-state index in [1.54, 1.807) is 24.7 Å². The van der Waals surface area contributed by atoms with E-state index in [4.69, 9.17) is 0 Å². The predicted octanol–water partition coefficient (Wildman–Crippen LogP) is -2.67. The van der Waals surface area contributed by atoms with Crippen molar-refractivity contribution in [2.75, 3.05) is 0 Å². The Morgan fingerprint density at radius 1 is 0.625 bits per heavy atom. The first-order valence-electron chi connectivity index (χ1n) is 4.69. The van der Waals surface area contributed by atoms with Crippen molar-refractivity contribution in [1.29, 1.82) is 0 Å². The first kappa shape index (κ1) is 15.9. The first-order chi connectivity index (χ1) is 6.88. The van der Waals surface area contributed by atoms with Crippen LogP contribution in [0.15, 0.2) is 60.7 Å². The molecule has 0 nitrogen and oxygen atoms in total. The van der Waals surface area contributed by atoms with Gasteiger partial charge in [0.15, 0.2) is 0 Å². The zero-order valence-electron chi connectivity index (χ0n) is 8.61. The third kappa shape index (κ3) is 4.05. The van der Waals surface area contributed by atoms with Gasteiger partial charge in [-0.2, -0.15) is 0 Å². The Bertz CT molecular complexity index is 350. The average molecular weight is 329 g/mol. The van der Waals surface area contributed by atoms with E-state index < -0.39 is 0 Å². The Hall–Kier alpha value is -0.0969. The number of benzene rings is 2. The van der Waals surface area contributed by atoms with Gasteiger partial charge in [-0.05, 0) is 0 Å². The van der Waals surface area contributed by atoms with E-state index in [0.29, 0.717) is 3.63 Å². The van der Waals surface area contributed by atoms with Crippen molar-refractivity contribution in [1.82, 2.24) is 0 Å². The molecule has 2 aromatic carbocycles. The minimum atomic E-state index is 0. The molecular formula is C13H11Cl2Zr. The van der Waals surface area contributed by atoms with E-state index in [9.17, 15) is 0 Å². The average Bonchev–Trinajstić information content (AvgIpc) is 2.30. The van der Waals surface area contributed by atoms with Crippen LogP contribution in [0.3, 0.4) is 0 Å². The number of hydrogen-bond acceptors (Lipinski definition) is 0. The Morgan fingerprint density at radius 2 is 0.938 bits per heavy atom. The standard InChI is InChI=1S/C13H11.2ClH.Zr/c1-3-7-12(8-4-1)11-13-9-5-2-6-10-13;;;/h1-11H;2*1H;/q;;;+2/p-2. The van der Waals surface area contributed by atoms with Gasteiger partial charge in [0.05, 0.1) is 0 Å². The van der Waals surface area contributed by atoms with Gasteiger partial charge in [-0.15, -0.1) is 0 Å². The van der Waals surface area contributed by atoms with Crippen LogP contribution >= 0.6 is 0 Å². The summed E-state index contributed by atoms with van der Waals surface area (Å²) in [6.07, 6.45) is 0. The van der Waals surface area contributed by atoms with Crippen molar-refractivity contribution >= 4 is 0 Å². The Labute approximate surface area is 124 Å². The van der Waals surface area contributed by atoms with Crippen LogP contribution in [0.1, 0.15) is 14.8 Å². The monoisotopic (exact) mass is 327 g/mol. The van der Waals surface area contributed by atoms with Crippen molar-refractivity contribution in [3.8, 4) is 0 Å². The van der Waals surface area contributed by atoms with Crippen LogP contribution in [0.25, 0.3) is 0 Å². The van der Waals surface area contributed by atoms with Gasteiger partial charge in [0.25, 0.3) is 0 Å². The Morgan fingerprint density at radius 3 is 1.25 bits per heavy atom. The molecule has 16 heavy (non-hydrogen) atoms. The first-order valence-corrected chi connectivity index (χ1v) is 6.11. The zero-order chi connectivity index (χ0) is 9.80. The van der Waals surface area contributed by atoms with Crippen molar-refractivity contribution in [2.45, 2.75) is 3.63 Å². The molecule has 0 aliphatic heterocycles.